The van der Waals surface area contributed by atoms with Crippen molar-refractivity contribution in [3.05, 3.63) is 171 Å². The third-order valence-corrected chi connectivity index (χ3v) is 19.0. The van der Waals surface area contributed by atoms with Crippen molar-refractivity contribution in [2.45, 2.75) is 395 Å². The van der Waals surface area contributed by atoms with E-state index in [1.807, 2.05) is 103 Å². The van der Waals surface area contributed by atoms with Crippen LogP contribution in [0.15, 0.2) is 114 Å². The molecule has 5 heteroatoms. The first-order chi connectivity index (χ1) is 48.7. The predicted octanol–water partition coefficient (Wildman–Crippen LogP) is 31.0. The normalized spacial score (nSPS) is 15.4. The number of nitrogens with zero attached hydrogens (tertiary/aromatic N) is 5. The summed E-state index contributed by atoms with van der Waals surface area (Å²) < 4.78 is 0. The smallest absolute Gasteiger partial charge is 0.102 e. The zero-order valence-electron chi connectivity index (χ0n) is 76.8. The van der Waals surface area contributed by atoms with Crippen LogP contribution in [-0.4, -0.2) is 69.8 Å². The summed E-state index contributed by atoms with van der Waals surface area (Å²) in [7, 11) is 0. The van der Waals surface area contributed by atoms with Gasteiger partial charge < -0.3 is 9.80 Å². The van der Waals surface area contributed by atoms with Gasteiger partial charge in [0.15, 0.2) is 0 Å². The summed E-state index contributed by atoms with van der Waals surface area (Å²) in [4.78, 5) is 16.7. The Kier molecular flexibility index (Phi) is 64.9. The number of aliphatic imine (C=N–C) groups is 1. The van der Waals surface area contributed by atoms with E-state index in [9.17, 15) is 0 Å². The van der Waals surface area contributed by atoms with E-state index in [-0.39, 0.29) is 0 Å². The number of pyridine rings is 1. The van der Waals surface area contributed by atoms with Crippen LogP contribution in [0.4, 0.5) is 0 Å². The fraction of sp³-hybridized carbons (Fsp3) is 0.694. The Morgan fingerprint density at radius 2 is 0.728 bits per heavy atom. The minimum absolute atomic E-state index is 0.531. The van der Waals surface area contributed by atoms with Crippen LogP contribution in [-0.2, 0) is 13.1 Å². The van der Waals surface area contributed by atoms with Crippen molar-refractivity contribution in [1.82, 2.24) is 19.7 Å². The first-order valence-electron chi connectivity index (χ1n) is 42.9. The van der Waals surface area contributed by atoms with Gasteiger partial charge in [-0.25, -0.2) is 0 Å². The summed E-state index contributed by atoms with van der Waals surface area (Å²) >= 11 is 0. The highest BCUT2D eigenvalue weighted by Crippen LogP contribution is 2.34. The molecule has 2 saturated heterocycles. The molecule has 4 aliphatic heterocycles. The van der Waals surface area contributed by atoms with E-state index in [1.54, 1.807) is 0 Å². The Morgan fingerprint density at radius 1 is 0.340 bits per heavy atom. The second-order valence-corrected chi connectivity index (χ2v) is 31.0. The van der Waals surface area contributed by atoms with E-state index < -0.39 is 0 Å². The van der Waals surface area contributed by atoms with Crippen molar-refractivity contribution >= 4 is 5.84 Å². The highest BCUT2D eigenvalue weighted by atomic mass is 15.3. The molecule has 5 heterocycles. The highest BCUT2D eigenvalue weighted by molar-refractivity contribution is 5.86. The minimum Gasteiger partial charge on any atom is -0.355 e. The summed E-state index contributed by atoms with van der Waals surface area (Å²) in [6.07, 6.45) is 6.12. The van der Waals surface area contributed by atoms with E-state index >= 15 is 0 Å². The fourth-order valence-corrected chi connectivity index (χ4v) is 12.2. The quantitative estimate of drug-likeness (QED) is 0.111. The second kappa shape index (κ2) is 62.5. The standard InChI is InChI=1S/C14H21N.C12H22N2.3C12H18.C11H17N.C11H23N.7C2H6/c1-10(2)12-5-6-13-8-15(11(3)4)9-14(13)7-12;1-8(2)10-5-11-6-13-12(9(3)4)14(11)7-10;1-9(2)11-5-7-12(8-6-11)10(3)4;1-9(2)11-6-5-7-12(8-11)10(3)4;1-9(2)11-7-5-6-8-12(11)10(3)4;1-8(2)10-5-6-12-11(7-10)9(3)4;1-9(2)11-6-5-7-12(8-11)10(3)4;7*1-2/h5-7,10-11H,8-9H2,1-4H3;8-11H,5-7H2,1-4H3;3*5-10H,1-4H3;5-9H,1-4H3;9-11H,5-8H2,1-4H3;7*1-2H3. The number of piperidine rings is 1. The molecule has 0 aliphatic carbocycles. The molecule has 5 aromatic rings. The van der Waals surface area contributed by atoms with Crippen LogP contribution >= 0.6 is 0 Å². The third-order valence-electron chi connectivity index (χ3n) is 19.0. The van der Waals surface area contributed by atoms with Crippen molar-refractivity contribution in [2.24, 2.45) is 34.6 Å². The van der Waals surface area contributed by atoms with Crippen molar-refractivity contribution in [3.8, 4) is 0 Å². The zero-order valence-corrected chi connectivity index (χ0v) is 76.8. The number of likely N-dealkylation sites (tertiary alicyclic amines) is 1. The topological polar surface area (TPSA) is 35.0 Å². The number of benzene rings is 4. The zero-order chi connectivity index (χ0) is 81.0. The number of aromatic nitrogens is 1. The summed E-state index contributed by atoms with van der Waals surface area (Å²) in [6, 6.07) is 40.0. The summed E-state index contributed by atoms with van der Waals surface area (Å²) in [5, 5.41) is 0. The average Bonchev–Trinajstić information content (AvgIpc) is 1.72. The van der Waals surface area contributed by atoms with Gasteiger partial charge in [0.1, 0.15) is 5.84 Å². The molecular weight excluding hydrogens is 1250 g/mol. The molecule has 9 rings (SSSR count). The molecule has 0 radical (unpaired) electrons. The molecule has 2 fully saturated rings. The lowest BCUT2D eigenvalue weighted by molar-refractivity contribution is 0.117. The highest BCUT2D eigenvalue weighted by Gasteiger charge is 2.39. The number of hydrogen-bond acceptors (Lipinski definition) is 5. The molecular formula is C98H179N5. The van der Waals surface area contributed by atoms with Gasteiger partial charge in [-0.1, -0.05) is 354 Å². The van der Waals surface area contributed by atoms with Crippen LogP contribution in [0.3, 0.4) is 0 Å². The van der Waals surface area contributed by atoms with Crippen LogP contribution in [0.25, 0.3) is 0 Å². The monoisotopic (exact) mass is 1430 g/mol. The molecule has 4 aromatic carbocycles. The lowest BCUT2D eigenvalue weighted by atomic mass is 9.87. The minimum atomic E-state index is 0.531. The Hall–Kier alpha value is -4.58. The summed E-state index contributed by atoms with van der Waals surface area (Å²) in [5.41, 5.74) is 15.8. The number of fused-ring (bicyclic) bond motifs is 2. The fourth-order valence-electron chi connectivity index (χ4n) is 12.2. The van der Waals surface area contributed by atoms with E-state index in [4.69, 9.17) is 0 Å². The maximum atomic E-state index is 4.66. The van der Waals surface area contributed by atoms with Gasteiger partial charge >= 0.3 is 0 Å². The summed E-state index contributed by atoms with van der Waals surface area (Å²) in [6.45, 7) is 98.4. The molecule has 3 atom stereocenters. The van der Waals surface area contributed by atoms with Crippen molar-refractivity contribution in [2.75, 3.05) is 26.2 Å². The molecule has 596 valence electrons. The number of hydrogen-bond donors (Lipinski definition) is 0. The van der Waals surface area contributed by atoms with Gasteiger partial charge in [-0.15, -0.1) is 0 Å². The van der Waals surface area contributed by atoms with E-state index in [1.165, 1.54) is 106 Å². The maximum absolute atomic E-state index is 4.66. The van der Waals surface area contributed by atoms with Gasteiger partial charge in [0.2, 0.25) is 0 Å². The SMILES string of the molecule is CC.CC.CC.CC.CC.CC.CC.CC(C)C1=NCC2CC(C(C)C)CN12.CC(C)C1CCCN(C(C)C)C1.CC(C)c1ccc(C(C)C)cc1.CC(C)c1ccc2c(c1)CN(C(C)C)C2.CC(C)c1cccc(C(C)C)c1.CC(C)c1ccccc1C(C)C.CC(C)c1ccnc(C(C)C)c1. The molecule has 0 bridgehead atoms. The molecule has 0 N–H and O–H groups in total. The Bertz CT molecular complexity index is 2580. The Labute approximate surface area is 647 Å². The van der Waals surface area contributed by atoms with Crippen LogP contribution in [0.2, 0.25) is 0 Å². The Morgan fingerprint density at radius 3 is 1.10 bits per heavy atom. The van der Waals surface area contributed by atoms with Crippen molar-refractivity contribution in [1.29, 1.82) is 0 Å². The largest absolute Gasteiger partial charge is 0.355 e. The number of amidine groups is 1. The first-order valence-corrected chi connectivity index (χ1v) is 42.9. The lowest BCUT2D eigenvalue weighted by Crippen LogP contribution is -2.41. The van der Waals surface area contributed by atoms with Crippen LogP contribution in [0.5, 0.6) is 0 Å². The molecule has 5 nitrogen and oxygen atoms in total. The van der Waals surface area contributed by atoms with E-state index in [0.29, 0.717) is 65.2 Å². The molecule has 0 spiro atoms. The second-order valence-electron chi connectivity index (χ2n) is 31.0. The van der Waals surface area contributed by atoms with Crippen LogP contribution in [0.1, 0.15) is 425 Å². The van der Waals surface area contributed by atoms with Gasteiger partial charge in [0.05, 0.1) is 12.6 Å². The molecule has 0 amide bonds. The van der Waals surface area contributed by atoms with Crippen molar-refractivity contribution < 1.29 is 0 Å². The van der Waals surface area contributed by atoms with Gasteiger partial charge in [0, 0.05) is 56.1 Å². The molecule has 0 saturated carbocycles. The van der Waals surface area contributed by atoms with Gasteiger partial charge in [-0.2, -0.15) is 0 Å². The predicted molar refractivity (Wildman–Crippen MR) is 475 cm³/mol. The van der Waals surface area contributed by atoms with Crippen LogP contribution < -0.4 is 0 Å². The molecule has 103 heavy (non-hydrogen) atoms. The maximum Gasteiger partial charge on any atom is 0.102 e. The van der Waals surface area contributed by atoms with Gasteiger partial charge in [-0.3, -0.25) is 14.9 Å². The number of rotatable bonds is 14. The average molecular weight is 1430 g/mol. The third kappa shape index (κ3) is 42.5. The lowest BCUT2D eigenvalue weighted by Gasteiger charge is -2.37. The van der Waals surface area contributed by atoms with E-state index in [0.717, 1.165) is 55.4 Å². The van der Waals surface area contributed by atoms with Crippen molar-refractivity contribution in [3.63, 3.8) is 0 Å². The summed E-state index contributed by atoms with van der Waals surface area (Å²) in [5.74, 6) is 11.1. The Balaban J connectivity index is -0.000000352. The van der Waals surface area contributed by atoms with Gasteiger partial charge in [-0.05, 0) is 198 Å². The van der Waals surface area contributed by atoms with Crippen LogP contribution in [0, 0.1) is 29.6 Å². The first kappa shape index (κ1) is 107. The molecule has 3 unspecified atom stereocenters. The molecule has 1 aromatic heterocycles. The van der Waals surface area contributed by atoms with Gasteiger partial charge in [0.25, 0.3) is 0 Å². The molecule has 4 aliphatic rings. The van der Waals surface area contributed by atoms with E-state index in [2.05, 4.69) is 322 Å².